The van der Waals surface area contributed by atoms with E-state index < -0.39 is 11.3 Å². The zero-order valence-electron chi connectivity index (χ0n) is 16.5. The number of hydrogen-bond donors (Lipinski definition) is 1. The van der Waals surface area contributed by atoms with Crippen LogP contribution in [0.5, 0.6) is 0 Å². The van der Waals surface area contributed by atoms with E-state index in [1.165, 1.54) is 26.8 Å². The highest BCUT2D eigenvalue weighted by molar-refractivity contribution is 8.04. The van der Waals surface area contributed by atoms with E-state index in [9.17, 15) is 14.4 Å². The van der Waals surface area contributed by atoms with Gasteiger partial charge in [-0.1, -0.05) is 39.3 Å². The minimum atomic E-state index is -0.437. The molecule has 0 saturated carbocycles. The molecule has 0 fully saturated rings. The van der Waals surface area contributed by atoms with Crippen LogP contribution in [0.25, 0.3) is 0 Å². The first kappa shape index (κ1) is 20.3. The molecule has 3 rings (SSSR count). The molecule has 1 atom stereocenters. The molecular weight excluding hydrogens is 374 g/mol. The van der Waals surface area contributed by atoms with Gasteiger partial charge in [0.2, 0.25) is 0 Å². The van der Waals surface area contributed by atoms with Gasteiger partial charge in [-0.25, -0.2) is 4.79 Å². The van der Waals surface area contributed by atoms with E-state index in [0.29, 0.717) is 23.9 Å². The lowest BCUT2D eigenvalue weighted by molar-refractivity contribution is -0.425. The summed E-state index contributed by atoms with van der Waals surface area (Å²) < 4.78 is 1.43. The van der Waals surface area contributed by atoms with Gasteiger partial charge in [-0.05, 0) is 41.5 Å². The number of nitrogens with zero attached hydrogens (tertiary/aromatic N) is 2. The average molecular weight is 401 g/mol. The molecule has 0 aromatic heterocycles. The summed E-state index contributed by atoms with van der Waals surface area (Å²) in [5.74, 6) is -0.0567. The molecule has 148 valence electrons. The molecule has 4 amide bonds. The van der Waals surface area contributed by atoms with Crippen molar-refractivity contribution in [3.05, 3.63) is 41.3 Å². The van der Waals surface area contributed by atoms with Crippen LogP contribution >= 0.6 is 11.8 Å². The second kappa shape index (κ2) is 8.73. The van der Waals surface area contributed by atoms with Crippen LogP contribution in [0, 0.1) is 0 Å². The van der Waals surface area contributed by atoms with Crippen molar-refractivity contribution in [2.24, 2.45) is 0 Å². The lowest BCUT2D eigenvalue weighted by Crippen LogP contribution is -2.56. The van der Waals surface area contributed by atoms with Gasteiger partial charge >= 0.3 is 11.9 Å². The van der Waals surface area contributed by atoms with Gasteiger partial charge in [-0.3, -0.25) is 4.79 Å². The Morgan fingerprint density at radius 2 is 1.96 bits per heavy atom. The largest absolute Gasteiger partial charge is 0.501 e. The molecule has 2 aliphatic rings. The third kappa shape index (κ3) is 4.19. The molecule has 28 heavy (non-hydrogen) atoms. The number of benzene rings is 1. The molecule has 1 N–H and O–H groups in total. The Morgan fingerprint density at radius 1 is 1.25 bits per heavy atom. The Balaban J connectivity index is 1.76. The van der Waals surface area contributed by atoms with E-state index in [2.05, 4.69) is 19.2 Å². The molecule has 7 heteroatoms. The van der Waals surface area contributed by atoms with E-state index in [4.69, 9.17) is 0 Å². The number of fused-ring (bicyclic) bond motifs is 1. The highest BCUT2D eigenvalue weighted by Crippen LogP contribution is 2.28. The van der Waals surface area contributed by atoms with E-state index in [1.54, 1.807) is 6.08 Å². The number of allylic oxidation sites excluding steroid dienone is 1. The van der Waals surface area contributed by atoms with Crippen LogP contribution in [-0.4, -0.2) is 51.4 Å². The molecule has 0 saturated heterocycles. The Kier molecular flexibility index (Phi) is 6.34. The number of hydrogen-bond acceptors (Lipinski definition) is 4. The van der Waals surface area contributed by atoms with Crippen molar-refractivity contribution in [1.82, 2.24) is 4.90 Å². The summed E-state index contributed by atoms with van der Waals surface area (Å²) in [6, 6.07) is 7.28. The molecule has 2 aliphatic heterocycles. The molecule has 1 aromatic carbocycles. The van der Waals surface area contributed by atoms with Crippen LogP contribution in [0.1, 0.15) is 45.1 Å². The van der Waals surface area contributed by atoms with Gasteiger partial charge in [0.25, 0.3) is 5.91 Å². The SMILES string of the molecule is CCCCN1C(=O)C2SC=CC2=[N+](CC(=O)Nc2ccc(C(C)C)cc2)C1=O. The fraction of sp³-hybridized carbons (Fsp3) is 0.429. The van der Waals surface area contributed by atoms with Gasteiger partial charge in [0.05, 0.1) is 6.54 Å². The van der Waals surface area contributed by atoms with Gasteiger partial charge < -0.3 is 5.32 Å². The van der Waals surface area contributed by atoms with Crippen molar-refractivity contribution in [2.45, 2.75) is 44.8 Å². The van der Waals surface area contributed by atoms with Gasteiger partial charge in [-0.2, -0.15) is 14.3 Å². The van der Waals surface area contributed by atoms with Crippen LogP contribution < -0.4 is 5.32 Å². The van der Waals surface area contributed by atoms with Crippen molar-refractivity contribution in [3.63, 3.8) is 0 Å². The van der Waals surface area contributed by atoms with E-state index >= 15 is 0 Å². The summed E-state index contributed by atoms with van der Waals surface area (Å²) in [7, 11) is 0. The van der Waals surface area contributed by atoms with Crippen molar-refractivity contribution in [3.8, 4) is 0 Å². The predicted molar refractivity (Wildman–Crippen MR) is 112 cm³/mol. The van der Waals surface area contributed by atoms with Crippen LogP contribution in [0.2, 0.25) is 0 Å². The number of unbranched alkanes of at least 4 members (excludes halogenated alkanes) is 1. The number of thioether (sulfide) groups is 1. The topological polar surface area (TPSA) is 69.5 Å². The molecule has 2 heterocycles. The standard InChI is InChI=1S/C21H25N3O3S/c1-4-5-11-23-20(26)19-17(10-12-28-19)24(21(23)27)13-18(25)22-16-8-6-15(7-9-16)14(2)3/h6-10,12,14,19H,4-5,11,13H2,1-3H3/p+1. The number of carbonyl (C=O) groups excluding carboxylic acids is 3. The fourth-order valence-electron chi connectivity index (χ4n) is 3.23. The molecule has 1 aromatic rings. The molecule has 0 radical (unpaired) electrons. The maximum Gasteiger partial charge on any atom is 0.501 e. The van der Waals surface area contributed by atoms with E-state index in [-0.39, 0.29) is 18.4 Å². The number of nitrogens with one attached hydrogen (secondary N) is 1. The third-order valence-electron chi connectivity index (χ3n) is 4.88. The van der Waals surface area contributed by atoms with Gasteiger partial charge in [0.15, 0.2) is 11.8 Å². The second-order valence-electron chi connectivity index (χ2n) is 7.28. The molecule has 0 spiro atoms. The Labute approximate surface area is 169 Å². The summed E-state index contributed by atoms with van der Waals surface area (Å²) in [6.07, 6.45) is 3.39. The van der Waals surface area contributed by atoms with E-state index in [0.717, 1.165) is 12.8 Å². The first-order valence-corrected chi connectivity index (χ1v) is 10.6. The van der Waals surface area contributed by atoms with E-state index in [1.807, 2.05) is 36.6 Å². The zero-order valence-corrected chi connectivity index (χ0v) is 17.3. The van der Waals surface area contributed by atoms with Crippen LogP contribution in [0.15, 0.2) is 35.7 Å². The number of carbonyl (C=O) groups is 3. The summed E-state index contributed by atoms with van der Waals surface area (Å²) >= 11 is 1.38. The molecule has 0 bridgehead atoms. The van der Waals surface area contributed by atoms with Crippen LogP contribution in [0.3, 0.4) is 0 Å². The fourth-order valence-corrected chi connectivity index (χ4v) is 4.19. The zero-order chi connectivity index (χ0) is 20.3. The minimum absolute atomic E-state index is 0.114. The Bertz CT molecular complexity index is 843. The molecule has 6 nitrogen and oxygen atoms in total. The number of anilines is 1. The van der Waals surface area contributed by atoms with Crippen LogP contribution in [-0.2, 0) is 9.59 Å². The number of urea groups is 1. The quantitative estimate of drug-likeness (QED) is 0.710. The van der Waals surface area contributed by atoms with Crippen LogP contribution in [0.4, 0.5) is 10.5 Å². The number of amides is 4. The first-order chi connectivity index (χ1) is 13.4. The monoisotopic (exact) mass is 400 g/mol. The summed E-state index contributed by atoms with van der Waals surface area (Å²) in [5.41, 5.74) is 2.48. The predicted octanol–water partition coefficient (Wildman–Crippen LogP) is 3.59. The lowest BCUT2D eigenvalue weighted by Gasteiger charge is -2.24. The second-order valence-corrected chi connectivity index (χ2v) is 8.30. The Morgan fingerprint density at radius 3 is 2.61 bits per heavy atom. The van der Waals surface area contributed by atoms with Crippen molar-refractivity contribution in [2.75, 3.05) is 18.4 Å². The van der Waals surface area contributed by atoms with Crippen molar-refractivity contribution >= 4 is 41.0 Å². The molecular formula is C21H26N3O3S+. The van der Waals surface area contributed by atoms with Gasteiger partial charge in [0, 0.05) is 5.69 Å². The summed E-state index contributed by atoms with van der Waals surface area (Å²) in [5, 5.41) is 4.22. The smallest absolute Gasteiger partial charge is 0.323 e. The normalized spacial score (nSPS) is 18.9. The maximum absolute atomic E-state index is 12.9. The maximum atomic E-state index is 12.9. The number of imide groups is 1. The lowest BCUT2D eigenvalue weighted by atomic mass is 10.0. The summed E-state index contributed by atoms with van der Waals surface area (Å²) in [6.45, 7) is 6.51. The van der Waals surface area contributed by atoms with Gasteiger partial charge in [-0.15, -0.1) is 11.8 Å². The number of rotatable bonds is 7. The van der Waals surface area contributed by atoms with Crippen molar-refractivity contribution < 1.29 is 19.0 Å². The highest BCUT2D eigenvalue weighted by atomic mass is 32.2. The summed E-state index contributed by atoms with van der Waals surface area (Å²) in [4.78, 5) is 39.4. The molecule has 1 unspecified atom stereocenters. The Hall–Kier alpha value is -2.41. The first-order valence-electron chi connectivity index (χ1n) is 9.64. The van der Waals surface area contributed by atoms with Gasteiger partial charge in [0.1, 0.15) is 5.71 Å². The average Bonchev–Trinajstić information content (AvgIpc) is 3.15. The third-order valence-corrected chi connectivity index (χ3v) is 5.89. The highest BCUT2D eigenvalue weighted by Gasteiger charge is 2.49. The molecule has 0 aliphatic carbocycles. The van der Waals surface area contributed by atoms with Crippen molar-refractivity contribution in [1.29, 1.82) is 0 Å². The minimum Gasteiger partial charge on any atom is -0.323 e.